The number of hydrogen-bond donors (Lipinski definition) is 1. The predicted molar refractivity (Wildman–Crippen MR) is 139 cm³/mol. The van der Waals surface area contributed by atoms with Crippen LogP contribution < -0.4 is 0 Å². The zero-order valence-electron chi connectivity index (χ0n) is 19.2. The van der Waals surface area contributed by atoms with Crippen LogP contribution >= 0.6 is 0 Å². The van der Waals surface area contributed by atoms with E-state index in [0.717, 1.165) is 27.9 Å². The highest BCUT2D eigenvalue weighted by Crippen LogP contribution is 2.25. The summed E-state index contributed by atoms with van der Waals surface area (Å²) in [5.41, 5.74) is 5.75. The third-order valence-corrected chi connectivity index (χ3v) is 6.39. The van der Waals surface area contributed by atoms with Gasteiger partial charge in [-0.3, -0.25) is 9.59 Å². The molecule has 0 spiro atoms. The Hall–Kier alpha value is -4.44. The van der Waals surface area contributed by atoms with Gasteiger partial charge >= 0.3 is 5.97 Å². The minimum absolute atomic E-state index is 0.0247. The minimum Gasteiger partial charge on any atom is -0.481 e. The van der Waals surface area contributed by atoms with Crippen molar-refractivity contribution in [3.8, 4) is 16.8 Å². The van der Waals surface area contributed by atoms with Gasteiger partial charge in [-0.15, -0.1) is 0 Å². The van der Waals surface area contributed by atoms with Crippen molar-refractivity contribution in [2.24, 2.45) is 5.92 Å². The molecule has 1 N–H and O–H groups in total. The van der Waals surface area contributed by atoms with Gasteiger partial charge in [0.05, 0.1) is 11.4 Å². The van der Waals surface area contributed by atoms with Gasteiger partial charge in [-0.1, -0.05) is 84.9 Å². The van der Waals surface area contributed by atoms with Crippen LogP contribution in [0.25, 0.3) is 27.7 Å². The van der Waals surface area contributed by atoms with Gasteiger partial charge in [-0.05, 0) is 52.8 Å². The zero-order valence-corrected chi connectivity index (χ0v) is 19.2. The largest absolute Gasteiger partial charge is 0.481 e. The first-order valence-corrected chi connectivity index (χ1v) is 11.7. The molecule has 0 saturated heterocycles. The van der Waals surface area contributed by atoms with Crippen molar-refractivity contribution < 1.29 is 14.7 Å². The van der Waals surface area contributed by atoms with E-state index < -0.39 is 11.9 Å². The van der Waals surface area contributed by atoms with E-state index in [1.54, 1.807) is 12.1 Å². The van der Waals surface area contributed by atoms with Gasteiger partial charge in [0, 0.05) is 23.9 Å². The number of carbonyl (C=O) groups is 2. The number of carboxylic acids is 1. The SMILES string of the molecule is O=C(CC(Cc1ccccc1)C(=O)O)c1ccc(-c2ccc(-n3ccc4ccccc43)cc2)cc1. The molecule has 172 valence electrons. The fourth-order valence-corrected chi connectivity index (χ4v) is 4.46. The van der Waals surface area contributed by atoms with Crippen LogP contribution in [-0.2, 0) is 11.2 Å². The third kappa shape index (κ3) is 4.92. The number of aliphatic carboxylic acids is 1. The summed E-state index contributed by atoms with van der Waals surface area (Å²) in [5.74, 6) is -1.86. The second-order valence-electron chi connectivity index (χ2n) is 8.72. The van der Waals surface area contributed by atoms with Crippen LogP contribution in [0.1, 0.15) is 22.3 Å². The first-order valence-electron chi connectivity index (χ1n) is 11.7. The lowest BCUT2D eigenvalue weighted by atomic mass is 9.91. The van der Waals surface area contributed by atoms with Crippen molar-refractivity contribution in [2.45, 2.75) is 12.8 Å². The molecule has 0 amide bonds. The number of benzene rings is 4. The van der Waals surface area contributed by atoms with Gasteiger partial charge in [-0.2, -0.15) is 0 Å². The van der Waals surface area contributed by atoms with Gasteiger partial charge in [0.2, 0.25) is 0 Å². The summed E-state index contributed by atoms with van der Waals surface area (Å²) in [6.07, 6.45) is 2.38. The van der Waals surface area contributed by atoms with Crippen LogP contribution in [-0.4, -0.2) is 21.4 Å². The standard InChI is InChI=1S/C31H25NO3/c33-30(21-27(31(34)35)20-22-6-2-1-3-7-22)26-12-10-23(11-13-26)24-14-16-28(17-15-24)32-19-18-25-8-4-5-9-29(25)32/h1-19,27H,20-21H2,(H,34,35). The van der Waals surface area contributed by atoms with E-state index in [1.165, 1.54) is 5.39 Å². The second kappa shape index (κ2) is 9.82. The summed E-state index contributed by atoms with van der Waals surface area (Å²) in [6, 6.07) is 35.5. The molecule has 4 heteroatoms. The number of Topliss-reactive ketones (excluding diaryl/α,β-unsaturated/α-hetero) is 1. The Labute approximate surface area is 204 Å². The van der Waals surface area contributed by atoms with Gasteiger partial charge in [0.25, 0.3) is 0 Å². The molecule has 1 unspecified atom stereocenters. The third-order valence-electron chi connectivity index (χ3n) is 6.39. The van der Waals surface area contributed by atoms with Gasteiger partial charge in [-0.25, -0.2) is 0 Å². The van der Waals surface area contributed by atoms with Gasteiger partial charge in [0.15, 0.2) is 5.78 Å². The van der Waals surface area contributed by atoms with Gasteiger partial charge in [0.1, 0.15) is 0 Å². The highest BCUT2D eigenvalue weighted by atomic mass is 16.4. The lowest BCUT2D eigenvalue weighted by Crippen LogP contribution is -2.20. The second-order valence-corrected chi connectivity index (χ2v) is 8.72. The minimum atomic E-state index is -0.950. The van der Waals surface area contributed by atoms with Crippen molar-refractivity contribution >= 4 is 22.7 Å². The molecule has 5 rings (SSSR count). The lowest BCUT2D eigenvalue weighted by molar-refractivity contribution is -0.141. The van der Waals surface area contributed by atoms with E-state index in [9.17, 15) is 14.7 Å². The molecule has 0 bridgehead atoms. The summed E-state index contributed by atoms with van der Waals surface area (Å²) < 4.78 is 2.16. The zero-order chi connectivity index (χ0) is 24.2. The molecule has 35 heavy (non-hydrogen) atoms. The molecule has 1 aromatic heterocycles. The van der Waals surface area contributed by atoms with Crippen molar-refractivity contribution in [1.82, 2.24) is 4.57 Å². The van der Waals surface area contributed by atoms with E-state index in [-0.39, 0.29) is 12.2 Å². The fourth-order valence-electron chi connectivity index (χ4n) is 4.46. The molecule has 4 nitrogen and oxygen atoms in total. The van der Waals surface area contributed by atoms with Crippen molar-refractivity contribution in [3.05, 3.63) is 127 Å². The molecule has 0 radical (unpaired) electrons. The first kappa shape index (κ1) is 22.4. The van der Waals surface area contributed by atoms with Crippen LogP contribution in [0.3, 0.4) is 0 Å². The van der Waals surface area contributed by atoms with Crippen LogP contribution in [0.5, 0.6) is 0 Å². The summed E-state index contributed by atoms with van der Waals surface area (Å²) >= 11 is 0. The van der Waals surface area contributed by atoms with Crippen molar-refractivity contribution in [1.29, 1.82) is 0 Å². The van der Waals surface area contributed by atoms with Crippen molar-refractivity contribution in [3.63, 3.8) is 0 Å². The van der Waals surface area contributed by atoms with Crippen molar-refractivity contribution in [2.75, 3.05) is 0 Å². The topological polar surface area (TPSA) is 59.3 Å². The molecule has 5 aromatic rings. The number of para-hydroxylation sites is 1. The molecule has 0 saturated carbocycles. The Balaban J connectivity index is 1.29. The number of rotatable bonds is 8. The van der Waals surface area contributed by atoms with E-state index >= 15 is 0 Å². The number of aromatic nitrogens is 1. The normalized spacial score (nSPS) is 11.9. The van der Waals surface area contributed by atoms with E-state index in [1.807, 2.05) is 54.6 Å². The molecule has 1 atom stereocenters. The number of fused-ring (bicyclic) bond motifs is 1. The molecule has 1 heterocycles. The Morgan fingerprint density at radius 3 is 2.03 bits per heavy atom. The maximum atomic E-state index is 12.8. The van der Waals surface area contributed by atoms with Crippen LogP contribution in [0, 0.1) is 5.92 Å². The predicted octanol–water partition coefficient (Wildman–Crippen LogP) is 6.81. The highest BCUT2D eigenvalue weighted by Gasteiger charge is 2.22. The Morgan fingerprint density at radius 2 is 1.34 bits per heavy atom. The number of carboxylic acid groups (broad SMARTS) is 1. The Kier molecular flexibility index (Phi) is 6.27. The smallest absolute Gasteiger partial charge is 0.307 e. The van der Waals surface area contributed by atoms with Gasteiger partial charge < -0.3 is 9.67 Å². The monoisotopic (exact) mass is 459 g/mol. The Bertz CT molecular complexity index is 1470. The average Bonchev–Trinajstić information content (AvgIpc) is 3.33. The Morgan fingerprint density at radius 1 is 0.714 bits per heavy atom. The van der Waals surface area contributed by atoms with E-state index in [2.05, 4.69) is 53.2 Å². The average molecular weight is 460 g/mol. The summed E-state index contributed by atoms with van der Waals surface area (Å²) in [5, 5.41) is 10.8. The first-order chi connectivity index (χ1) is 17.1. The van der Waals surface area contributed by atoms with E-state index in [0.29, 0.717) is 12.0 Å². The number of ketones is 1. The van der Waals surface area contributed by atoms with E-state index in [4.69, 9.17) is 0 Å². The number of carbonyl (C=O) groups excluding carboxylic acids is 1. The summed E-state index contributed by atoms with van der Waals surface area (Å²) in [7, 11) is 0. The molecule has 0 aliphatic heterocycles. The highest BCUT2D eigenvalue weighted by molar-refractivity contribution is 5.98. The maximum absolute atomic E-state index is 12.8. The summed E-state index contributed by atoms with van der Waals surface area (Å²) in [4.78, 5) is 24.6. The molecule has 0 aliphatic carbocycles. The molecular formula is C31H25NO3. The van der Waals surface area contributed by atoms with Crippen LogP contribution in [0.2, 0.25) is 0 Å². The molecule has 0 fully saturated rings. The lowest BCUT2D eigenvalue weighted by Gasteiger charge is -2.12. The summed E-state index contributed by atoms with van der Waals surface area (Å²) in [6.45, 7) is 0. The quantitative estimate of drug-likeness (QED) is 0.259. The van der Waals surface area contributed by atoms with Crippen LogP contribution in [0.4, 0.5) is 0 Å². The molecular weight excluding hydrogens is 434 g/mol. The molecule has 0 aliphatic rings. The number of nitrogens with zero attached hydrogens (tertiary/aromatic N) is 1. The van der Waals surface area contributed by atoms with Crippen LogP contribution in [0.15, 0.2) is 115 Å². The molecule has 4 aromatic carbocycles. The maximum Gasteiger partial charge on any atom is 0.307 e. The fraction of sp³-hybridized carbons (Fsp3) is 0.0968. The number of hydrogen-bond acceptors (Lipinski definition) is 2.